The Bertz CT molecular complexity index is 371. The highest BCUT2D eigenvalue weighted by Crippen LogP contribution is 2.28. The number of hydrogen-bond donors (Lipinski definition) is 2. The van der Waals surface area contributed by atoms with Crippen molar-refractivity contribution in [3.8, 4) is 0 Å². The SMILES string of the molecule is CC(C)(C(=O)NO)c1c(F)cccc1F. The van der Waals surface area contributed by atoms with E-state index < -0.39 is 23.0 Å². The van der Waals surface area contributed by atoms with Gasteiger partial charge in [0.25, 0.3) is 5.91 Å². The number of hydrogen-bond acceptors (Lipinski definition) is 2. The second-order valence-electron chi connectivity index (χ2n) is 3.66. The maximum atomic E-state index is 13.3. The van der Waals surface area contributed by atoms with Gasteiger partial charge >= 0.3 is 0 Å². The van der Waals surface area contributed by atoms with Crippen molar-refractivity contribution in [3.63, 3.8) is 0 Å². The number of amides is 1. The third-order valence-electron chi connectivity index (χ3n) is 2.26. The van der Waals surface area contributed by atoms with Crippen LogP contribution in [-0.2, 0) is 10.2 Å². The molecule has 0 atom stereocenters. The predicted molar refractivity (Wildman–Crippen MR) is 49.3 cm³/mol. The van der Waals surface area contributed by atoms with Crippen LogP contribution in [0.5, 0.6) is 0 Å². The molecule has 0 aliphatic heterocycles. The molecule has 15 heavy (non-hydrogen) atoms. The van der Waals surface area contributed by atoms with Gasteiger partial charge in [0.2, 0.25) is 0 Å². The van der Waals surface area contributed by atoms with Gasteiger partial charge in [-0.15, -0.1) is 0 Å². The van der Waals surface area contributed by atoms with E-state index in [1.165, 1.54) is 25.4 Å². The van der Waals surface area contributed by atoms with E-state index in [1.807, 2.05) is 0 Å². The van der Waals surface area contributed by atoms with Crippen LogP contribution in [0.3, 0.4) is 0 Å². The van der Waals surface area contributed by atoms with Crippen molar-refractivity contribution in [1.29, 1.82) is 0 Å². The van der Waals surface area contributed by atoms with Crippen LogP contribution < -0.4 is 5.48 Å². The van der Waals surface area contributed by atoms with Crippen molar-refractivity contribution < 1.29 is 18.8 Å². The maximum absolute atomic E-state index is 13.3. The molecule has 0 heterocycles. The number of nitrogens with one attached hydrogen (secondary N) is 1. The van der Waals surface area contributed by atoms with Gasteiger partial charge in [-0.3, -0.25) is 10.0 Å². The number of rotatable bonds is 2. The molecule has 0 radical (unpaired) electrons. The first-order chi connectivity index (χ1) is 6.91. The number of carbonyl (C=O) groups is 1. The van der Waals surface area contributed by atoms with Gasteiger partial charge < -0.3 is 0 Å². The highest BCUT2D eigenvalue weighted by Gasteiger charge is 2.34. The molecule has 1 aromatic rings. The van der Waals surface area contributed by atoms with Crippen LogP contribution in [0.2, 0.25) is 0 Å². The first-order valence-corrected chi connectivity index (χ1v) is 4.30. The Labute approximate surface area is 85.7 Å². The Kier molecular flexibility index (Phi) is 3.04. The predicted octanol–water partition coefficient (Wildman–Crippen LogP) is 1.75. The van der Waals surface area contributed by atoms with Crippen molar-refractivity contribution in [2.45, 2.75) is 19.3 Å². The zero-order valence-corrected chi connectivity index (χ0v) is 8.34. The standard InChI is InChI=1S/C10H11F2NO2/c1-10(2,9(14)13-15)8-6(11)4-3-5-7(8)12/h3-5,15H,1-2H3,(H,13,14). The molecular formula is C10H11F2NO2. The summed E-state index contributed by atoms with van der Waals surface area (Å²) in [5, 5.41) is 8.47. The third kappa shape index (κ3) is 1.97. The minimum atomic E-state index is -1.47. The monoisotopic (exact) mass is 215 g/mol. The van der Waals surface area contributed by atoms with Crippen LogP contribution in [0.4, 0.5) is 8.78 Å². The van der Waals surface area contributed by atoms with Crippen LogP contribution in [0.1, 0.15) is 19.4 Å². The molecule has 0 saturated heterocycles. The summed E-state index contributed by atoms with van der Waals surface area (Å²) in [5.41, 5.74) is -0.446. The summed E-state index contributed by atoms with van der Waals surface area (Å²) >= 11 is 0. The fraction of sp³-hybridized carbons (Fsp3) is 0.300. The molecule has 1 aromatic carbocycles. The Morgan fingerprint density at radius 2 is 1.80 bits per heavy atom. The smallest absolute Gasteiger partial charge is 0.253 e. The Balaban J connectivity index is 3.32. The molecule has 0 aliphatic rings. The minimum absolute atomic E-state index is 0.364. The van der Waals surface area contributed by atoms with Crippen LogP contribution in [0.15, 0.2) is 18.2 Å². The summed E-state index contributed by atoms with van der Waals surface area (Å²) in [5.74, 6) is -2.50. The minimum Gasteiger partial charge on any atom is -0.289 e. The molecule has 82 valence electrons. The van der Waals surface area contributed by atoms with E-state index in [9.17, 15) is 13.6 Å². The molecule has 0 spiro atoms. The normalized spacial score (nSPS) is 11.3. The van der Waals surface area contributed by atoms with Crippen molar-refractivity contribution in [3.05, 3.63) is 35.4 Å². The second-order valence-corrected chi connectivity index (χ2v) is 3.66. The Hall–Kier alpha value is -1.49. The van der Waals surface area contributed by atoms with Crippen LogP contribution in [0.25, 0.3) is 0 Å². The number of carbonyl (C=O) groups excluding carboxylic acids is 1. The lowest BCUT2D eigenvalue weighted by atomic mass is 9.83. The van der Waals surface area contributed by atoms with Gasteiger partial charge in [-0.2, -0.15) is 0 Å². The van der Waals surface area contributed by atoms with Gasteiger partial charge in [-0.25, -0.2) is 14.3 Å². The molecule has 3 nitrogen and oxygen atoms in total. The average Bonchev–Trinajstić information content (AvgIpc) is 2.15. The first kappa shape index (κ1) is 11.6. The highest BCUT2D eigenvalue weighted by atomic mass is 19.1. The molecule has 0 bridgehead atoms. The van der Waals surface area contributed by atoms with E-state index in [0.29, 0.717) is 0 Å². The lowest BCUT2D eigenvalue weighted by Gasteiger charge is -2.23. The third-order valence-corrected chi connectivity index (χ3v) is 2.26. The molecule has 1 amide bonds. The van der Waals surface area contributed by atoms with E-state index >= 15 is 0 Å². The lowest BCUT2D eigenvalue weighted by molar-refractivity contribution is -0.134. The van der Waals surface area contributed by atoms with Gasteiger partial charge in [0, 0.05) is 5.56 Å². The number of halogens is 2. The molecule has 2 N–H and O–H groups in total. The summed E-state index contributed by atoms with van der Waals surface area (Å²) in [6, 6.07) is 3.33. The van der Waals surface area contributed by atoms with Crippen molar-refractivity contribution in [2.75, 3.05) is 0 Å². The molecular weight excluding hydrogens is 204 g/mol. The fourth-order valence-electron chi connectivity index (χ4n) is 1.35. The summed E-state index contributed by atoms with van der Waals surface area (Å²) < 4.78 is 26.7. The zero-order chi connectivity index (χ0) is 11.6. The number of benzene rings is 1. The van der Waals surface area contributed by atoms with E-state index in [0.717, 1.165) is 12.1 Å². The van der Waals surface area contributed by atoms with Crippen LogP contribution in [-0.4, -0.2) is 11.1 Å². The van der Waals surface area contributed by atoms with Crippen LogP contribution in [0, 0.1) is 11.6 Å². The molecule has 5 heteroatoms. The van der Waals surface area contributed by atoms with E-state index in [2.05, 4.69) is 0 Å². The van der Waals surface area contributed by atoms with Crippen LogP contribution >= 0.6 is 0 Å². The van der Waals surface area contributed by atoms with Gasteiger partial charge in [0.15, 0.2) is 0 Å². The summed E-state index contributed by atoms with van der Waals surface area (Å²) in [4.78, 5) is 11.2. The van der Waals surface area contributed by atoms with Gasteiger partial charge in [0.1, 0.15) is 11.6 Å². The highest BCUT2D eigenvalue weighted by molar-refractivity contribution is 5.86. The van der Waals surface area contributed by atoms with E-state index in [4.69, 9.17) is 5.21 Å². The zero-order valence-electron chi connectivity index (χ0n) is 8.34. The molecule has 1 rings (SSSR count). The molecule has 0 saturated carbocycles. The maximum Gasteiger partial charge on any atom is 0.253 e. The van der Waals surface area contributed by atoms with Crippen molar-refractivity contribution >= 4 is 5.91 Å². The largest absolute Gasteiger partial charge is 0.289 e. The Morgan fingerprint density at radius 1 is 1.33 bits per heavy atom. The molecule has 0 aliphatic carbocycles. The summed E-state index contributed by atoms with van der Waals surface area (Å²) in [6.07, 6.45) is 0. The average molecular weight is 215 g/mol. The second kappa shape index (κ2) is 3.94. The lowest BCUT2D eigenvalue weighted by Crippen LogP contribution is -2.39. The molecule has 0 aromatic heterocycles. The Morgan fingerprint density at radius 3 is 2.20 bits per heavy atom. The van der Waals surface area contributed by atoms with E-state index in [-0.39, 0.29) is 5.56 Å². The topological polar surface area (TPSA) is 49.3 Å². The summed E-state index contributed by atoms with van der Waals surface area (Å²) in [6.45, 7) is 2.64. The summed E-state index contributed by atoms with van der Waals surface area (Å²) in [7, 11) is 0. The van der Waals surface area contributed by atoms with Crippen molar-refractivity contribution in [2.24, 2.45) is 0 Å². The van der Waals surface area contributed by atoms with Gasteiger partial charge in [-0.05, 0) is 26.0 Å². The molecule has 0 fully saturated rings. The fourth-order valence-corrected chi connectivity index (χ4v) is 1.35. The van der Waals surface area contributed by atoms with Crippen molar-refractivity contribution in [1.82, 2.24) is 5.48 Å². The van der Waals surface area contributed by atoms with Gasteiger partial charge in [0.05, 0.1) is 5.41 Å². The quantitative estimate of drug-likeness (QED) is 0.583. The first-order valence-electron chi connectivity index (χ1n) is 4.30. The van der Waals surface area contributed by atoms with E-state index in [1.54, 1.807) is 0 Å². The molecule has 0 unspecified atom stereocenters. The van der Waals surface area contributed by atoms with Gasteiger partial charge in [-0.1, -0.05) is 6.07 Å². The number of hydroxylamine groups is 1.